The van der Waals surface area contributed by atoms with Crippen molar-refractivity contribution < 1.29 is 9.84 Å². The second kappa shape index (κ2) is 6.46. The van der Waals surface area contributed by atoms with E-state index in [0.717, 1.165) is 35.2 Å². The van der Waals surface area contributed by atoms with Crippen LogP contribution in [0.1, 0.15) is 29.3 Å². The topological polar surface area (TPSA) is 32.7 Å². The Bertz CT molecular complexity index is 844. The maximum Gasteiger partial charge on any atom is 0.120 e. The van der Waals surface area contributed by atoms with Crippen molar-refractivity contribution >= 4 is 22.1 Å². The number of hydrogen-bond donors (Lipinski definition) is 1. The van der Waals surface area contributed by atoms with Gasteiger partial charge in [0.2, 0.25) is 0 Å². The maximum atomic E-state index is 10.5. The molecule has 1 aliphatic rings. The highest BCUT2D eigenvalue weighted by Gasteiger charge is 2.27. The molecule has 0 aliphatic carbocycles. The number of nitrogens with zero attached hydrogens (tertiary/aromatic N) is 1. The molecule has 3 aromatic rings. The van der Waals surface area contributed by atoms with Crippen LogP contribution in [-0.4, -0.2) is 23.7 Å². The van der Waals surface area contributed by atoms with Gasteiger partial charge in [0.05, 0.1) is 7.11 Å². The molecule has 1 atom stereocenters. The Morgan fingerprint density at radius 2 is 2.12 bits per heavy atom. The van der Waals surface area contributed by atoms with Gasteiger partial charge < -0.3 is 9.84 Å². The van der Waals surface area contributed by atoms with Gasteiger partial charge in [-0.3, -0.25) is 4.90 Å². The highest BCUT2D eigenvalue weighted by Crippen LogP contribution is 2.38. The van der Waals surface area contributed by atoms with Crippen molar-refractivity contribution in [1.82, 2.24) is 4.90 Å². The van der Waals surface area contributed by atoms with Crippen molar-refractivity contribution in [1.29, 1.82) is 0 Å². The number of aromatic hydroxyl groups is 1. The summed E-state index contributed by atoms with van der Waals surface area (Å²) in [6.07, 6.45) is 2.40. The second-order valence-corrected chi connectivity index (χ2v) is 7.27. The quantitative estimate of drug-likeness (QED) is 0.730. The normalized spacial score (nSPS) is 18.3. The first kappa shape index (κ1) is 15.5. The SMILES string of the molecule is COc1ccc2ccc(O)c(CN3CCC[C@H]3c3cccs3)c2c1. The third kappa shape index (κ3) is 2.76. The molecule has 0 saturated carbocycles. The molecule has 0 spiro atoms. The molecule has 1 fully saturated rings. The molecular formula is C20H21NO2S. The summed E-state index contributed by atoms with van der Waals surface area (Å²) in [5.41, 5.74) is 0.995. The lowest BCUT2D eigenvalue weighted by Gasteiger charge is -2.25. The molecule has 3 nitrogen and oxygen atoms in total. The Hall–Kier alpha value is -2.04. The average Bonchev–Trinajstić information content (AvgIpc) is 3.28. The smallest absolute Gasteiger partial charge is 0.120 e. The molecule has 124 valence electrons. The van der Waals surface area contributed by atoms with Gasteiger partial charge >= 0.3 is 0 Å². The molecule has 1 N–H and O–H groups in total. The predicted octanol–water partition coefficient (Wildman–Crippen LogP) is 4.95. The van der Waals surface area contributed by atoms with E-state index in [9.17, 15) is 5.11 Å². The van der Waals surface area contributed by atoms with E-state index in [0.29, 0.717) is 11.8 Å². The monoisotopic (exact) mass is 339 g/mol. The van der Waals surface area contributed by atoms with Gasteiger partial charge in [0.25, 0.3) is 0 Å². The molecule has 4 heteroatoms. The Balaban J connectivity index is 1.72. The summed E-state index contributed by atoms with van der Waals surface area (Å²) in [7, 11) is 1.68. The molecule has 0 radical (unpaired) electrons. The van der Waals surface area contributed by atoms with Crippen molar-refractivity contribution in [3.8, 4) is 11.5 Å². The van der Waals surface area contributed by atoms with Crippen LogP contribution in [0.25, 0.3) is 10.8 Å². The summed E-state index contributed by atoms with van der Waals surface area (Å²) in [5, 5.41) is 14.8. The zero-order chi connectivity index (χ0) is 16.5. The van der Waals surface area contributed by atoms with Crippen molar-refractivity contribution in [2.75, 3.05) is 13.7 Å². The minimum absolute atomic E-state index is 0.368. The first-order chi connectivity index (χ1) is 11.8. The van der Waals surface area contributed by atoms with Gasteiger partial charge in [0.15, 0.2) is 0 Å². The predicted molar refractivity (Wildman–Crippen MR) is 98.9 cm³/mol. The van der Waals surface area contributed by atoms with Gasteiger partial charge in [-0.25, -0.2) is 0 Å². The molecule has 0 amide bonds. The summed E-state index contributed by atoms with van der Waals surface area (Å²) in [6.45, 7) is 1.83. The summed E-state index contributed by atoms with van der Waals surface area (Å²) in [4.78, 5) is 3.91. The first-order valence-corrected chi connectivity index (χ1v) is 9.20. The molecule has 4 rings (SSSR count). The van der Waals surface area contributed by atoms with Gasteiger partial charge in [0.1, 0.15) is 11.5 Å². The van der Waals surface area contributed by atoms with Gasteiger partial charge in [-0.05, 0) is 59.8 Å². The second-order valence-electron chi connectivity index (χ2n) is 6.29. The summed E-state index contributed by atoms with van der Waals surface area (Å²) < 4.78 is 5.37. The molecule has 2 heterocycles. The third-order valence-corrected chi connectivity index (χ3v) is 5.89. The summed E-state index contributed by atoms with van der Waals surface area (Å²) in [5.74, 6) is 1.19. The minimum Gasteiger partial charge on any atom is -0.508 e. The Morgan fingerprint density at radius 1 is 1.25 bits per heavy atom. The van der Waals surface area contributed by atoms with Gasteiger partial charge in [0, 0.05) is 23.0 Å². The van der Waals surface area contributed by atoms with Crippen LogP contribution < -0.4 is 4.74 Å². The molecule has 1 aliphatic heterocycles. The van der Waals surface area contributed by atoms with Crippen LogP contribution in [0.2, 0.25) is 0 Å². The largest absolute Gasteiger partial charge is 0.508 e. The molecule has 1 saturated heterocycles. The lowest BCUT2D eigenvalue weighted by atomic mass is 10.0. The number of benzene rings is 2. The number of hydrogen-bond acceptors (Lipinski definition) is 4. The molecule has 2 aromatic carbocycles. The highest BCUT2D eigenvalue weighted by molar-refractivity contribution is 7.10. The fraction of sp³-hybridized carbons (Fsp3) is 0.300. The highest BCUT2D eigenvalue weighted by atomic mass is 32.1. The van der Waals surface area contributed by atoms with E-state index in [2.05, 4.69) is 28.5 Å². The molecule has 1 aromatic heterocycles. The zero-order valence-corrected chi connectivity index (χ0v) is 14.6. The number of methoxy groups -OCH3 is 1. The Morgan fingerprint density at radius 3 is 2.92 bits per heavy atom. The standard InChI is InChI=1S/C20H21NO2S/c1-23-15-8-6-14-7-9-19(22)17(16(14)12-15)13-21-10-2-4-18(21)20-5-3-11-24-20/h3,5-9,11-12,18,22H,2,4,10,13H2,1H3/t18-/m0/s1. The fourth-order valence-corrected chi connectivity index (χ4v) is 4.56. The van der Waals surface area contributed by atoms with E-state index in [-0.39, 0.29) is 0 Å². The van der Waals surface area contributed by atoms with Crippen molar-refractivity contribution in [3.63, 3.8) is 0 Å². The summed E-state index contributed by atoms with van der Waals surface area (Å²) >= 11 is 1.82. The van der Waals surface area contributed by atoms with Crippen LogP contribution in [0.15, 0.2) is 47.8 Å². The molecule has 0 unspecified atom stereocenters. The van der Waals surface area contributed by atoms with Crippen molar-refractivity contribution in [3.05, 3.63) is 58.3 Å². The maximum absolute atomic E-state index is 10.5. The van der Waals surface area contributed by atoms with E-state index in [4.69, 9.17) is 4.74 Å². The van der Waals surface area contributed by atoms with Gasteiger partial charge in [-0.1, -0.05) is 18.2 Å². The van der Waals surface area contributed by atoms with E-state index < -0.39 is 0 Å². The lowest BCUT2D eigenvalue weighted by molar-refractivity contribution is 0.249. The van der Waals surface area contributed by atoms with Crippen LogP contribution >= 0.6 is 11.3 Å². The number of likely N-dealkylation sites (tertiary alicyclic amines) is 1. The third-order valence-electron chi connectivity index (χ3n) is 4.91. The Kier molecular flexibility index (Phi) is 4.17. The van der Waals surface area contributed by atoms with E-state index >= 15 is 0 Å². The van der Waals surface area contributed by atoms with E-state index in [1.807, 2.05) is 29.5 Å². The molecule has 0 bridgehead atoms. The van der Waals surface area contributed by atoms with Gasteiger partial charge in [-0.15, -0.1) is 11.3 Å². The van der Waals surface area contributed by atoms with Crippen LogP contribution in [0.5, 0.6) is 11.5 Å². The lowest BCUT2D eigenvalue weighted by Crippen LogP contribution is -2.22. The number of rotatable bonds is 4. The van der Waals surface area contributed by atoms with Crippen LogP contribution in [0, 0.1) is 0 Å². The zero-order valence-electron chi connectivity index (χ0n) is 13.7. The van der Waals surface area contributed by atoms with Crippen LogP contribution in [0.3, 0.4) is 0 Å². The van der Waals surface area contributed by atoms with Crippen LogP contribution in [0.4, 0.5) is 0 Å². The van der Waals surface area contributed by atoms with Crippen molar-refractivity contribution in [2.24, 2.45) is 0 Å². The number of ether oxygens (including phenoxy) is 1. The Labute approximate surface area is 146 Å². The van der Waals surface area contributed by atoms with Crippen molar-refractivity contribution in [2.45, 2.75) is 25.4 Å². The number of fused-ring (bicyclic) bond motifs is 1. The number of phenols is 1. The first-order valence-electron chi connectivity index (χ1n) is 8.32. The number of phenolic OH excluding ortho intramolecular Hbond substituents is 1. The average molecular weight is 339 g/mol. The summed E-state index contributed by atoms with van der Waals surface area (Å²) in [6, 6.07) is 14.6. The van der Waals surface area contributed by atoms with Gasteiger partial charge in [-0.2, -0.15) is 0 Å². The molecular weight excluding hydrogens is 318 g/mol. The fourth-order valence-electron chi connectivity index (χ4n) is 3.66. The van der Waals surface area contributed by atoms with E-state index in [1.165, 1.54) is 17.7 Å². The van der Waals surface area contributed by atoms with E-state index in [1.54, 1.807) is 13.2 Å². The van der Waals surface area contributed by atoms with Crippen LogP contribution in [-0.2, 0) is 6.54 Å². The number of thiophene rings is 1. The molecule has 24 heavy (non-hydrogen) atoms. The minimum atomic E-state index is 0.368.